The van der Waals surface area contributed by atoms with E-state index in [1.54, 1.807) is 0 Å². The van der Waals surface area contributed by atoms with E-state index in [9.17, 15) is 0 Å². The zero-order valence-corrected chi connectivity index (χ0v) is 12.5. The molecule has 0 aliphatic rings. The smallest absolute Gasteiger partial charge is 0.0640 e. The molecule has 1 unspecified atom stereocenters. The van der Waals surface area contributed by atoms with Gasteiger partial charge in [0.05, 0.1) is 5.38 Å². The number of hydrogen-bond donors (Lipinski definition) is 0. The van der Waals surface area contributed by atoms with E-state index in [0.29, 0.717) is 5.92 Å². The second kappa shape index (κ2) is 6.21. The van der Waals surface area contributed by atoms with Gasteiger partial charge in [-0.1, -0.05) is 44.2 Å². The molecular formula is C17H20ClN. The molecule has 0 spiro atoms. The van der Waals surface area contributed by atoms with Crippen LogP contribution in [0.1, 0.15) is 47.5 Å². The summed E-state index contributed by atoms with van der Waals surface area (Å²) in [4.78, 5) is 4.41. The zero-order chi connectivity index (χ0) is 13.8. The van der Waals surface area contributed by atoms with Gasteiger partial charge in [-0.05, 0) is 35.6 Å². The van der Waals surface area contributed by atoms with Crippen molar-refractivity contribution >= 4 is 11.6 Å². The predicted molar refractivity (Wildman–Crippen MR) is 81.8 cm³/mol. The molecule has 19 heavy (non-hydrogen) atoms. The van der Waals surface area contributed by atoms with E-state index in [0.717, 1.165) is 17.7 Å². The summed E-state index contributed by atoms with van der Waals surface area (Å²) in [5.41, 5.74) is 4.79. The summed E-state index contributed by atoms with van der Waals surface area (Å²) in [6.07, 6.45) is 2.60. The van der Waals surface area contributed by atoms with Crippen LogP contribution in [0.3, 0.4) is 0 Å². The van der Waals surface area contributed by atoms with E-state index in [-0.39, 0.29) is 5.38 Å². The first-order valence-corrected chi connectivity index (χ1v) is 7.16. The quantitative estimate of drug-likeness (QED) is 0.712. The average Bonchev–Trinajstić information content (AvgIpc) is 2.41. The van der Waals surface area contributed by atoms with Gasteiger partial charge in [0.2, 0.25) is 0 Å². The van der Waals surface area contributed by atoms with E-state index >= 15 is 0 Å². The van der Waals surface area contributed by atoms with Crippen molar-refractivity contribution in [2.45, 2.75) is 38.5 Å². The van der Waals surface area contributed by atoms with Gasteiger partial charge in [0.1, 0.15) is 0 Å². The number of benzene rings is 1. The van der Waals surface area contributed by atoms with Crippen molar-refractivity contribution in [3.8, 4) is 0 Å². The second-order valence-electron chi connectivity index (χ2n) is 5.26. The molecule has 1 heterocycles. The molecule has 1 aromatic carbocycles. The van der Waals surface area contributed by atoms with Crippen LogP contribution in [0.4, 0.5) is 0 Å². The summed E-state index contributed by atoms with van der Waals surface area (Å²) in [7, 11) is 0. The van der Waals surface area contributed by atoms with Gasteiger partial charge in [0, 0.05) is 18.3 Å². The number of nitrogens with zero attached hydrogens (tertiary/aromatic N) is 1. The Morgan fingerprint density at radius 3 is 2.26 bits per heavy atom. The Bertz CT molecular complexity index is 531. The summed E-state index contributed by atoms with van der Waals surface area (Å²) in [6, 6.07) is 12.6. The summed E-state index contributed by atoms with van der Waals surface area (Å²) in [6.45, 7) is 6.47. The first kappa shape index (κ1) is 14.1. The zero-order valence-electron chi connectivity index (χ0n) is 11.7. The molecule has 0 saturated heterocycles. The fourth-order valence-corrected chi connectivity index (χ4v) is 2.40. The molecule has 1 atom stereocenters. The molecule has 0 aliphatic carbocycles. The summed E-state index contributed by atoms with van der Waals surface area (Å²) >= 11 is 6.50. The van der Waals surface area contributed by atoms with Crippen LogP contribution in [0.15, 0.2) is 42.6 Å². The molecule has 2 rings (SSSR count). The first-order valence-electron chi connectivity index (χ1n) is 6.72. The van der Waals surface area contributed by atoms with Crippen LogP contribution < -0.4 is 0 Å². The van der Waals surface area contributed by atoms with Crippen LogP contribution in [0.2, 0.25) is 0 Å². The highest BCUT2D eigenvalue weighted by Crippen LogP contribution is 2.26. The lowest BCUT2D eigenvalue weighted by Crippen LogP contribution is -2.00. The highest BCUT2D eigenvalue weighted by atomic mass is 35.5. The molecule has 2 aromatic rings. The Morgan fingerprint density at radius 2 is 1.68 bits per heavy atom. The van der Waals surface area contributed by atoms with Crippen LogP contribution in [0, 0.1) is 6.92 Å². The minimum Gasteiger partial charge on any atom is -0.261 e. The Morgan fingerprint density at radius 1 is 1.05 bits per heavy atom. The van der Waals surface area contributed by atoms with E-state index in [4.69, 9.17) is 11.6 Å². The van der Waals surface area contributed by atoms with Gasteiger partial charge < -0.3 is 0 Å². The van der Waals surface area contributed by atoms with Gasteiger partial charge in [0.25, 0.3) is 0 Å². The van der Waals surface area contributed by atoms with Crippen molar-refractivity contribution in [3.05, 3.63) is 65.0 Å². The predicted octanol–water partition coefficient (Wildman–Crippen LogP) is 5.04. The lowest BCUT2D eigenvalue weighted by atomic mass is 9.99. The molecule has 1 nitrogen and oxygen atoms in total. The number of pyridine rings is 1. The first-order chi connectivity index (χ1) is 9.08. The number of halogens is 1. The molecule has 0 N–H and O–H groups in total. The number of alkyl halides is 1. The van der Waals surface area contributed by atoms with Gasteiger partial charge >= 0.3 is 0 Å². The molecule has 0 radical (unpaired) electrons. The molecule has 1 aromatic heterocycles. The third-order valence-electron chi connectivity index (χ3n) is 3.46. The largest absolute Gasteiger partial charge is 0.261 e. The third-order valence-corrected chi connectivity index (χ3v) is 3.86. The van der Waals surface area contributed by atoms with Crippen molar-refractivity contribution in [1.82, 2.24) is 4.98 Å². The van der Waals surface area contributed by atoms with Gasteiger partial charge in [-0.25, -0.2) is 0 Å². The standard InChI is InChI=1S/C17H20ClN/c1-12(2)14-6-8-15(9-7-14)16(18)11-17-13(3)5-4-10-19-17/h4-10,12,16H,11H2,1-3H3. The fraction of sp³-hybridized carbons (Fsp3) is 0.353. The Labute approximate surface area is 120 Å². The Balaban J connectivity index is 2.12. The number of aromatic nitrogens is 1. The summed E-state index contributed by atoms with van der Waals surface area (Å²) < 4.78 is 0. The molecule has 0 fully saturated rings. The molecule has 0 amide bonds. The molecule has 100 valence electrons. The van der Waals surface area contributed by atoms with Crippen molar-refractivity contribution < 1.29 is 0 Å². The fourth-order valence-electron chi connectivity index (χ4n) is 2.11. The van der Waals surface area contributed by atoms with Gasteiger partial charge in [-0.3, -0.25) is 4.98 Å². The molecular weight excluding hydrogens is 254 g/mol. The summed E-state index contributed by atoms with van der Waals surface area (Å²) in [5, 5.41) is -0.0187. The van der Waals surface area contributed by atoms with E-state index in [2.05, 4.69) is 56.1 Å². The Hall–Kier alpha value is -1.34. The monoisotopic (exact) mass is 273 g/mol. The topological polar surface area (TPSA) is 12.9 Å². The van der Waals surface area contributed by atoms with Crippen LogP contribution in [0.25, 0.3) is 0 Å². The van der Waals surface area contributed by atoms with E-state index in [1.165, 1.54) is 11.1 Å². The number of aryl methyl sites for hydroxylation is 1. The van der Waals surface area contributed by atoms with Crippen LogP contribution in [-0.4, -0.2) is 4.98 Å². The lowest BCUT2D eigenvalue weighted by Gasteiger charge is -2.12. The highest BCUT2D eigenvalue weighted by molar-refractivity contribution is 6.20. The van der Waals surface area contributed by atoms with E-state index in [1.807, 2.05) is 12.3 Å². The maximum Gasteiger partial charge on any atom is 0.0640 e. The molecule has 0 bridgehead atoms. The SMILES string of the molecule is Cc1cccnc1CC(Cl)c1ccc(C(C)C)cc1. The maximum atomic E-state index is 6.50. The van der Waals surface area contributed by atoms with Crippen LogP contribution >= 0.6 is 11.6 Å². The molecule has 0 aliphatic heterocycles. The Kier molecular flexibility index (Phi) is 4.60. The van der Waals surface area contributed by atoms with Gasteiger partial charge in [-0.2, -0.15) is 0 Å². The van der Waals surface area contributed by atoms with Crippen LogP contribution in [0.5, 0.6) is 0 Å². The average molecular weight is 274 g/mol. The normalized spacial score (nSPS) is 12.7. The van der Waals surface area contributed by atoms with Crippen molar-refractivity contribution in [3.63, 3.8) is 0 Å². The minimum atomic E-state index is -0.0187. The van der Waals surface area contributed by atoms with Crippen molar-refractivity contribution in [2.75, 3.05) is 0 Å². The van der Waals surface area contributed by atoms with Gasteiger partial charge in [0.15, 0.2) is 0 Å². The lowest BCUT2D eigenvalue weighted by molar-refractivity contribution is 0.850. The molecule has 0 saturated carbocycles. The molecule has 2 heteroatoms. The minimum absolute atomic E-state index is 0.0187. The van der Waals surface area contributed by atoms with Crippen LogP contribution in [-0.2, 0) is 6.42 Å². The van der Waals surface area contributed by atoms with Crippen molar-refractivity contribution in [2.24, 2.45) is 0 Å². The number of rotatable bonds is 4. The van der Waals surface area contributed by atoms with Crippen molar-refractivity contribution in [1.29, 1.82) is 0 Å². The van der Waals surface area contributed by atoms with Gasteiger partial charge in [-0.15, -0.1) is 11.6 Å². The maximum absolute atomic E-state index is 6.50. The third kappa shape index (κ3) is 3.57. The number of hydrogen-bond acceptors (Lipinski definition) is 1. The van der Waals surface area contributed by atoms with E-state index < -0.39 is 0 Å². The highest BCUT2D eigenvalue weighted by Gasteiger charge is 2.11. The second-order valence-corrected chi connectivity index (χ2v) is 5.79. The summed E-state index contributed by atoms with van der Waals surface area (Å²) in [5.74, 6) is 0.556.